The molecule has 18 heavy (non-hydrogen) atoms. The minimum absolute atomic E-state index is 0.0185. The molecule has 0 unspecified atom stereocenters. The van der Waals surface area contributed by atoms with E-state index in [1.807, 2.05) is 18.2 Å². The summed E-state index contributed by atoms with van der Waals surface area (Å²) in [5.41, 5.74) is 0.677. The predicted octanol–water partition coefficient (Wildman–Crippen LogP) is 3.08. The molecule has 0 aromatic heterocycles. The predicted molar refractivity (Wildman–Crippen MR) is 79.8 cm³/mol. The summed E-state index contributed by atoms with van der Waals surface area (Å²) in [7, 11) is 0. The molecule has 1 aromatic rings. The molecule has 1 aliphatic heterocycles. The van der Waals surface area contributed by atoms with Crippen LogP contribution >= 0.6 is 31.9 Å². The van der Waals surface area contributed by atoms with E-state index in [1.165, 1.54) is 12.8 Å². The van der Waals surface area contributed by atoms with Crippen molar-refractivity contribution in [1.82, 2.24) is 10.6 Å². The number of hydrogen-bond acceptors (Lipinski definition) is 2. The summed E-state index contributed by atoms with van der Waals surface area (Å²) >= 11 is 6.77. The molecule has 98 valence electrons. The van der Waals surface area contributed by atoms with Crippen LogP contribution in [0.4, 0.5) is 0 Å². The molecule has 2 N–H and O–H groups in total. The summed E-state index contributed by atoms with van der Waals surface area (Å²) in [6.07, 6.45) is 3.47. The van der Waals surface area contributed by atoms with Crippen molar-refractivity contribution in [3.8, 4) is 0 Å². The van der Waals surface area contributed by atoms with Crippen LogP contribution in [0.2, 0.25) is 0 Å². The Morgan fingerprint density at radius 3 is 2.67 bits per heavy atom. The van der Waals surface area contributed by atoms with Crippen LogP contribution in [-0.2, 0) is 0 Å². The largest absolute Gasteiger partial charge is 0.352 e. The zero-order chi connectivity index (χ0) is 13.0. The van der Waals surface area contributed by atoms with Gasteiger partial charge in [-0.1, -0.05) is 31.9 Å². The highest BCUT2D eigenvalue weighted by molar-refractivity contribution is 9.11. The molecule has 1 aromatic carbocycles. The van der Waals surface area contributed by atoms with Gasteiger partial charge in [-0.15, -0.1) is 0 Å². The molecule has 5 heteroatoms. The fourth-order valence-electron chi connectivity index (χ4n) is 2.15. The van der Waals surface area contributed by atoms with E-state index in [2.05, 4.69) is 42.5 Å². The highest BCUT2D eigenvalue weighted by atomic mass is 79.9. The summed E-state index contributed by atoms with van der Waals surface area (Å²) in [6, 6.07) is 6.14. The van der Waals surface area contributed by atoms with Gasteiger partial charge < -0.3 is 10.6 Å². The maximum Gasteiger partial charge on any atom is 0.251 e. The summed E-state index contributed by atoms with van der Waals surface area (Å²) in [6.45, 7) is 1.83. The van der Waals surface area contributed by atoms with Gasteiger partial charge in [0.15, 0.2) is 0 Å². The number of benzene rings is 1. The smallest absolute Gasteiger partial charge is 0.251 e. The lowest BCUT2D eigenvalue weighted by Gasteiger charge is -2.11. The number of amides is 1. The van der Waals surface area contributed by atoms with Crippen molar-refractivity contribution in [1.29, 1.82) is 0 Å². The third kappa shape index (κ3) is 4.07. The van der Waals surface area contributed by atoms with E-state index in [-0.39, 0.29) is 5.91 Å². The van der Waals surface area contributed by atoms with Crippen LogP contribution in [0.3, 0.4) is 0 Å². The molecule has 3 nitrogen and oxygen atoms in total. The number of nitrogens with one attached hydrogen (secondary N) is 2. The minimum atomic E-state index is -0.0185. The van der Waals surface area contributed by atoms with E-state index in [0.29, 0.717) is 11.6 Å². The van der Waals surface area contributed by atoms with Crippen LogP contribution in [-0.4, -0.2) is 25.0 Å². The van der Waals surface area contributed by atoms with E-state index < -0.39 is 0 Å². The van der Waals surface area contributed by atoms with Crippen molar-refractivity contribution in [2.45, 2.75) is 25.3 Å². The first-order valence-electron chi connectivity index (χ1n) is 6.13. The van der Waals surface area contributed by atoms with Crippen molar-refractivity contribution in [2.75, 3.05) is 13.1 Å². The number of carbonyl (C=O) groups excluding carboxylic acids is 1. The molecule has 0 saturated carbocycles. The lowest BCUT2D eigenvalue weighted by atomic mass is 10.1. The standard InChI is InChI=1S/C13H16Br2N2O/c14-10-6-9(7-11(15)8-10)13(18)17-5-3-12-2-1-4-16-12/h6-8,12,16H,1-5H2,(H,17,18)/t12-/m1/s1. The Labute approximate surface area is 124 Å². The maximum atomic E-state index is 11.9. The average molecular weight is 376 g/mol. The lowest BCUT2D eigenvalue weighted by Crippen LogP contribution is -2.30. The zero-order valence-corrected chi connectivity index (χ0v) is 13.2. The van der Waals surface area contributed by atoms with Crippen molar-refractivity contribution in [3.63, 3.8) is 0 Å². The summed E-state index contributed by atoms with van der Waals surface area (Å²) in [5, 5.41) is 6.38. The van der Waals surface area contributed by atoms with Gasteiger partial charge in [-0.25, -0.2) is 0 Å². The summed E-state index contributed by atoms with van der Waals surface area (Å²) in [5.74, 6) is -0.0185. The lowest BCUT2D eigenvalue weighted by molar-refractivity contribution is 0.0952. The Bertz CT molecular complexity index is 411. The first-order valence-corrected chi connectivity index (χ1v) is 7.71. The summed E-state index contributed by atoms with van der Waals surface area (Å²) in [4.78, 5) is 11.9. The van der Waals surface area contributed by atoms with Crippen LogP contribution < -0.4 is 10.6 Å². The van der Waals surface area contributed by atoms with Gasteiger partial charge in [-0.3, -0.25) is 4.79 Å². The molecule has 1 heterocycles. The molecule has 0 aliphatic carbocycles. The Morgan fingerprint density at radius 1 is 1.33 bits per heavy atom. The van der Waals surface area contributed by atoms with Gasteiger partial charge in [0.1, 0.15) is 0 Å². The van der Waals surface area contributed by atoms with Crippen molar-refractivity contribution < 1.29 is 4.79 Å². The third-order valence-corrected chi connectivity index (χ3v) is 3.98. The number of halogens is 2. The topological polar surface area (TPSA) is 41.1 Å². The second-order valence-corrected chi connectivity index (χ2v) is 6.33. The molecular weight excluding hydrogens is 360 g/mol. The van der Waals surface area contributed by atoms with Gasteiger partial charge in [0.25, 0.3) is 5.91 Å². The SMILES string of the molecule is O=C(NCC[C@H]1CCCN1)c1cc(Br)cc(Br)c1. The van der Waals surface area contributed by atoms with Gasteiger partial charge in [-0.05, 0) is 44.0 Å². The van der Waals surface area contributed by atoms with Crippen LogP contribution in [0, 0.1) is 0 Å². The molecule has 1 amide bonds. The molecule has 0 spiro atoms. The summed E-state index contributed by atoms with van der Waals surface area (Å²) < 4.78 is 1.80. The van der Waals surface area contributed by atoms with Gasteiger partial charge in [0.2, 0.25) is 0 Å². The Kier molecular flexibility index (Phi) is 5.21. The van der Waals surface area contributed by atoms with Crippen LogP contribution in [0.15, 0.2) is 27.1 Å². The average Bonchev–Trinajstić information content (AvgIpc) is 2.80. The zero-order valence-electron chi connectivity index (χ0n) is 10.0. The van der Waals surface area contributed by atoms with Gasteiger partial charge >= 0.3 is 0 Å². The Hall–Kier alpha value is -0.390. The molecular formula is C13H16Br2N2O. The van der Waals surface area contributed by atoms with Gasteiger partial charge in [-0.2, -0.15) is 0 Å². The molecule has 0 bridgehead atoms. The highest BCUT2D eigenvalue weighted by Gasteiger charge is 2.14. The molecule has 1 aliphatic rings. The van der Waals surface area contributed by atoms with E-state index in [4.69, 9.17) is 0 Å². The normalized spacial score (nSPS) is 18.9. The minimum Gasteiger partial charge on any atom is -0.352 e. The quantitative estimate of drug-likeness (QED) is 0.848. The molecule has 2 rings (SSSR count). The van der Waals surface area contributed by atoms with Crippen molar-refractivity contribution >= 4 is 37.8 Å². The third-order valence-electron chi connectivity index (χ3n) is 3.07. The van der Waals surface area contributed by atoms with Crippen molar-refractivity contribution in [2.24, 2.45) is 0 Å². The fourth-order valence-corrected chi connectivity index (χ4v) is 3.44. The molecule has 1 saturated heterocycles. The van der Waals surface area contributed by atoms with Crippen molar-refractivity contribution in [3.05, 3.63) is 32.7 Å². The van der Waals surface area contributed by atoms with Crippen LogP contribution in [0.5, 0.6) is 0 Å². The number of rotatable bonds is 4. The van der Waals surface area contributed by atoms with E-state index in [1.54, 1.807) is 0 Å². The monoisotopic (exact) mass is 374 g/mol. The Morgan fingerprint density at radius 2 is 2.06 bits per heavy atom. The van der Waals surface area contributed by atoms with E-state index >= 15 is 0 Å². The number of carbonyl (C=O) groups is 1. The van der Waals surface area contributed by atoms with Crippen LogP contribution in [0.25, 0.3) is 0 Å². The fraction of sp³-hybridized carbons (Fsp3) is 0.462. The first kappa shape index (κ1) is 14.0. The number of hydrogen-bond donors (Lipinski definition) is 2. The molecule has 0 radical (unpaired) electrons. The maximum absolute atomic E-state index is 11.9. The van der Waals surface area contributed by atoms with Gasteiger partial charge in [0, 0.05) is 27.1 Å². The molecule has 1 atom stereocenters. The first-order chi connectivity index (χ1) is 8.65. The van der Waals surface area contributed by atoms with E-state index in [0.717, 1.165) is 28.5 Å². The van der Waals surface area contributed by atoms with E-state index in [9.17, 15) is 4.79 Å². The highest BCUT2D eigenvalue weighted by Crippen LogP contribution is 2.20. The second kappa shape index (κ2) is 6.68. The van der Waals surface area contributed by atoms with Gasteiger partial charge in [0.05, 0.1) is 0 Å². The molecule has 1 fully saturated rings. The Balaban J connectivity index is 1.83. The second-order valence-electron chi connectivity index (χ2n) is 4.50. The van der Waals surface area contributed by atoms with Crippen LogP contribution in [0.1, 0.15) is 29.6 Å².